The molecule has 12 heteroatoms. The third-order valence-corrected chi connectivity index (χ3v) is 9.01. The molecule has 4 aromatic rings. The first-order valence-electron chi connectivity index (χ1n) is 13.9. The predicted octanol–water partition coefficient (Wildman–Crippen LogP) is 5.59. The van der Waals surface area contributed by atoms with Gasteiger partial charge in [0.15, 0.2) is 0 Å². The van der Waals surface area contributed by atoms with Crippen LogP contribution in [0.4, 0.5) is 20.4 Å². The number of aromatic nitrogens is 3. The number of sulfonamides is 1. The van der Waals surface area contributed by atoms with E-state index in [1.807, 2.05) is 13.0 Å². The highest BCUT2D eigenvalue weighted by atomic mass is 32.2. The molecule has 1 saturated carbocycles. The van der Waals surface area contributed by atoms with Crippen molar-refractivity contribution in [1.82, 2.24) is 20.3 Å². The van der Waals surface area contributed by atoms with Crippen molar-refractivity contribution in [2.75, 3.05) is 28.9 Å². The van der Waals surface area contributed by atoms with Crippen LogP contribution in [0.3, 0.4) is 0 Å². The van der Waals surface area contributed by atoms with Crippen LogP contribution in [0, 0.1) is 18.7 Å². The fourth-order valence-corrected chi connectivity index (χ4v) is 6.86. The summed E-state index contributed by atoms with van der Waals surface area (Å²) in [6.07, 6.45) is 4.63. The fourth-order valence-electron chi connectivity index (χ4n) is 5.30. The first kappa shape index (κ1) is 28.2. The topological polar surface area (TPSA) is 118 Å². The van der Waals surface area contributed by atoms with E-state index in [0.29, 0.717) is 34.3 Å². The van der Waals surface area contributed by atoms with Gasteiger partial charge >= 0.3 is 0 Å². The SMILES string of the molecule is Cc1ccc2c(NS(=O)(=O)CC3(F)CC3)c(F)ccc2c1Oc1ncccc1-c1ccnc(N[C@@H]2CNC[C@H](C)C2)n1. The number of anilines is 2. The summed E-state index contributed by atoms with van der Waals surface area (Å²) in [5, 5.41) is 7.57. The highest BCUT2D eigenvalue weighted by Gasteiger charge is 2.47. The molecule has 2 aromatic carbocycles. The first-order valence-corrected chi connectivity index (χ1v) is 15.6. The van der Waals surface area contributed by atoms with Crippen molar-refractivity contribution < 1.29 is 21.9 Å². The number of ether oxygens (including phenoxy) is 1. The van der Waals surface area contributed by atoms with Crippen LogP contribution in [0.2, 0.25) is 0 Å². The lowest BCUT2D eigenvalue weighted by Crippen LogP contribution is -2.42. The van der Waals surface area contributed by atoms with Gasteiger partial charge in [-0.2, -0.15) is 0 Å². The zero-order valence-corrected chi connectivity index (χ0v) is 24.1. The van der Waals surface area contributed by atoms with E-state index in [0.717, 1.165) is 31.1 Å². The Morgan fingerprint density at radius 2 is 1.88 bits per heavy atom. The van der Waals surface area contributed by atoms with Gasteiger partial charge in [0.1, 0.15) is 23.0 Å². The van der Waals surface area contributed by atoms with Crippen LogP contribution in [0.1, 0.15) is 31.7 Å². The number of piperidine rings is 1. The maximum absolute atomic E-state index is 15.0. The molecule has 1 aliphatic carbocycles. The number of benzene rings is 2. The highest BCUT2D eigenvalue weighted by molar-refractivity contribution is 7.92. The molecule has 0 bridgehead atoms. The van der Waals surface area contributed by atoms with Crippen LogP contribution < -0.4 is 20.1 Å². The Hall–Kier alpha value is -3.90. The number of halogens is 2. The number of nitrogens with one attached hydrogen (secondary N) is 3. The average molecular weight is 595 g/mol. The lowest BCUT2D eigenvalue weighted by atomic mass is 9.98. The molecular formula is C30H32F2N6O3S. The predicted molar refractivity (Wildman–Crippen MR) is 159 cm³/mol. The minimum Gasteiger partial charge on any atom is -0.437 e. The third kappa shape index (κ3) is 6.14. The Balaban J connectivity index is 1.32. The van der Waals surface area contributed by atoms with Gasteiger partial charge in [0.05, 0.1) is 16.9 Å². The van der Waals surface area contributed by atoms with E-state index in [1.165, 1.54) is 6.07 Å². The zero-order chi connectivity index (χ0) is 29.5. The summed E-state index contributed by atoms with van der Waals surface area (Å²) in [5.74, 6) is 0.209. The molecule has 220 valence electrons. The Morgan fingerprint density at radius 3 is 2.67 bits per heavy atom. The van der Waals surface area contributed by atoms with Crippen LogP contribution in [0.15, 0.2) is 54.9 Å². The molecule has 0 radical (unpaired) electrons. The van der Waals surface area contributed by atoms with Gasteiger partial charge in [-0.25, -0.2) is 32.2 Å². The lowest BCUT2D eigenvalue weighted by molar-refractivity contribution is 0.341. The van der Waals surface area contributed by atoms with Gasteiger partial charge in [-0.05, 0) is 74.5 Å². The summed E-state index contributed by atoms with van der Waals surface area (Å²) in [7, 11) is -4.13. The Kier molecular flexibility index (Phi) is 7.44. The second kappa shape index (κ2) is 11.1. The van der Waals surface area contributed by atoms with E-state index in [4.69, 9.17) is 9.72 Å². The van der Waals surface area contributed by atoms with Gasteiger partial charge in [-0.1, -0.05) is 19.1 Å². The summed E-state index contributed by atoms with van der Waals surface area (Å²) in [4.78, 5) is 13.6. The standard InChI is InChI=1S/C30H32F2N6O3S/c1-18-14-20(16-33-15-18)36-29-35-13-9-25(37-29)23-4-3-12-34-28(23)41-27-19(2)5-6-21-22(27)7-8-24(31)26(21)38-42(39,40)17-30(32)10-11-30/h3-9,12-13,18,20,33,38H,10-11,14-17H2,1-2H3,(H,35,36,37)/t18-,20+/m1/s1. The van der Waals surface area contributed by atoms with E-state index in [1.54, 1.807) is 36.7 Å². The molecule has 2 fully saturated rings. The Bertz CT molecular complexity index is 1750. The molecule has 0 unspecified atom stereocenters. The van der Waals surface area contributed by atoms with Crippen molar-refractivity contribution in [3.63, 3.8) is 0 Å². The van der Waals surface area contributed by atoms with Gasteiger partial charge in [0.25, 0.3) is 0 Å². The Morgan fingerprint density at radius 1 is 1.07 bits per heavy atom. The van der Waals surface area contributed by atoms with Gasteiger partial charge < -0.3 is 15.4 Å². The molecule has 9 nitrogen and oxygen atoms in total. The van der Waals surface area contributed by atoms with E-state index < -0.39 is 27.3 Å². The molecule has 0 spiro atoms. The second-order valence-corrected chi connectivity index (χ2v) is 13.0. The minimum absolute atomic E-state index is 0.177. The number of alkyl halides is 1. The van der Waals surface area contributed by atoms with Crippen LogP contribution in [0.25, 0.3) is 22.0 Å². The minimum atomic E-state index is -4.13. The molecule has 2 aliphatic rings. The fraction of sp³-hybridized carbons (Fsp3) is 0.367. The van der Waals surface area contributed by atoms with Crippen molar-refractivity contribution in [3.8, 4) is 22.9 Å². The zero-order valence-electron chi connectivity index (χ0n) is 23.3. The Labute approximate surface area is 243 Å². The molecule has 3 heterocycles. The summed E-state index contributed by atoms with van der Waals surface area (Å²) in [6, 6.07) is 11.6. The summed E-state index contributed by atoms with van der Waals surface area (Å²) in [5.41, 5.74) is -0.0554. The molecule has 0 amide bonds. The molecule has 42 heavy (non-hydrogen) atoms. The number of pyridine rings is 1. The molecule has 2 atom stereocenters. The van der Waals surface area contributed by atoms with E-state index in [-0.39, 0.29) is 35.8 Å². The second-order valence-electron chi connectivity index (χ2n) is 11.3. The monoisotopic (exact) mass is 594 g/mol. The average Bonchev–Trinajstić information content (AvgIpc) is 3.67. The quantitative estimate of drug-likeness (QED) is 0.230. The third-order valence-electron chi connectivity index (χ3n) is 7.60. The largest absolute Gasteiger partial charge is 0.437 e. The molecule has 1 aliphatic heterocycles. The number of aryl methyl sites for hydroxylation is 1. The van der Waals surface area contributed by atoms with Crippen LogP contribution >= 0.6 is 0 Å². The summed E-state index contributed by atoms with van der Waals surface area (Å²) < 4.78 is 63.2. The van der Waals surface area contributed by atoms with E-state index in [2.05, 4.69) is 32.2 Å². The van der Waals surface area contributed by atoms with Gasteiger partial charge in [0.2, 0.25) is 21.9 Å². The van der Waals surface area contributed by atoms with Crippen molar-refractivity contribution in [2.24, 2.45) is 5.92 Å². The van der Waals surface area contributed by atoms with E-state index >= 15 is 0 Å². The molecule has 2 aromatic heterocycles. The van der Waals surface area contributed by atoms with Gasteiger partial charge in [-0.3, -0.25) is 4.72 Å². The number of nitrogens with zero attached hydrogens (tertiary/aromatic N) is 3. The van der Waals surface area contributed by atoms with E-state index in [9.17, 15) is 17.2 Å². The number of fused-ring (bicyclic) bond motifs is 1. The van der Waals surface area contributed by atoms with Gasteiger partial charge in [0, 0.05) is 35.8 Å². The summed E-state index contributed by atoms with van der Waals surface area (Å²) >= 11 is 0. The van der Waals surface area contributed by atoms with Crippen LogP contribution in [-0.4, -0.2) is 53.9 Å². The summed E-state index contributed by atoms with van der Waals surface area (Å²) in [6.45, 7) is 5.84. The molecule has 3 N–H and O–H groups in total. The van der Waals surface area contributed by atoms with Crippen molar-refractivity contribution in [2.45, 2.75) is 44.8 Å². The molecular weight excluding hydrogens is 562 g/mol. The smallest absolute Gasteiger partial charge is 0.236 e. The molecule has 1 saturated heterocycles. The van der Waals surface area contributed by atoms with Crippen molar-refractivity contribution in [3.05, 3.63) is 66.2 Å². The van der Waals surface area contributed by atoms with Gasteiger partial charge in [-0.15, -0.1) is 0 Å². The van der Waals surface area contributed by atoms with Crippen LogP contribution in [0.5, 0.6) is 11.6 Å². The highest BCUT2D eigenvalue weighted by Crippen LogP contribution is 2.42. The number of rotatable bonds is 9. The first-order chi connectivity index (χ1) is 20.1. The molecule has 6 rings (SSSR count). The number of hydrogen-bond acceptors (Lipinski definition) is 8. The normalized spacial score (nSPS) is 19.8. The lowest BCUT2D eigenvalue weighted by Gasteiger charge is -2.28. The van der Waals surface area contributed by atoms with Crippen molar-refractivity contribution >= 4 is 32.4 Å². The van der Waals surface area contributed by atoms with Crippen molar-refractivity contribution in [1.29, 1.82) is 0 Å². The maximum atomic E-state index is 15.0. The van der Waals surface area contributed by atoms with Crippen LogP contribution in [-0.2, 0) is 10.0 Å². The maximum Gasteiger partial charge on any atom is 0.236 e. The number of hydrogen-bond donors (Lipinski definition) is 3.